The van der Waals surface area contributed by atoms with Crippen LogP contribution >= 0.6 is 0 Å². The van der Waals surface area contributed by atoms with Gasteiger partial charge in [-0.1, -0.05) is 66.2 Å². The second-order valence-electron chi connectivity index (χ2n) is 6.20. The van der Waals surface area contributed by atoms with Crippen LogP contribution in [0.15, 0.2) is 71.1 Å². The van der Waals surface area contributed by atoms with Gasteiger partial charge < -0.3 is 4.55 Å². The Bertz CT molecular complexity index is 703. The highest BCUT2D eigenvalue weighted by atomic mass is 32.2. The van der Waals surface area contributed by atoms with Crippen molar-refractivity contribution < 1.29 is 8.76 Å². The molecule has 1 unspecified atom stereocenters. The number of benzene rings is 2. The minimum absolute atomic E-state index is 0.567. The summed E-state index contributed by atoms with van der Waals surface area (Å²) in [5.41, 5.74) is 3.57. The van der Waals surface area contributed by atoms with E-state index in [-0.39, 0.29) is 0 Å². The Labute approximate surface area is 146 Å². The van der Waals surface area contributed by atoms with Gasteiger partial charge in [-0.2, -0.15) is 0 Å². The van der Waals surface area contributed by atoms with E-state index in [1.807, 2.05) is 36.4 Å². The maximum atomic E-state index is 11.8. The number of allylic oxidation sites excluding steroid dienone is 1. The molecule has 24 heavy (non-hydrogen) atoms. The zero-order chi connectivity index (χ0) is 16.8. The Morgan fingerprint density at radius 1 is 0.917 bits per heavy atom. The van der Waals surface area contributed by atoms with Crippen molar-refractivity contribution in [3.8, 4) is 0 Å². The third-order valence-corrected chi connectivity index (χ3v) is 5.38. The van der Waals surface area contributed by atoms with E-state index >= 15 is 0 Å². The number of piperidine rings is 1. The summed E-state index contributed by atoms with van der Waals surface area (Å²) in [5, 5.41) is 0. The third kappa shape index (κ3) is 4.63. The number of hydrogen-bond donors (Lipinski definition) is 1. The molecule has 1 atom stereocenters. The Kier molecular flexibility index (Phi) is 5.96. The lowest BCUT2D eigenvalue weighted by Crippen LogP contribution is -2.31. The predicted molar refractivity (Wildman–Crippen MR) is 98.9 cm³/mol. The zero-order valence-electron chi connectivity index (χ0n) is 13.7. The molecule has 4 heteroatoms. The molecular formula is C20H23NO2S. The number of nitrogens with zero attached hydrogens (tertiary/aromatic N) is 1. The topological polar surface area (TPSA) is 40.5 Å². The summed E-state index contributed by atoms with van der Waals surface area (Å²) in [4.78, 5) is 3.11. The molecule has 1 aliphatic rings. The Hall–Kier alpha value is -1.75. The van der Waals surface area contributed by atoms with Crippen LogP contribution in [0.3, 0.4) is 0 Å². The summed E-state index contributed by atoms with van der Waals surface area (Å²) < 4.78 is 21.5. The fourth-order valence-corrected chi connectivity index (χ4v) is 3.93. The highest BCUT2D eigenvalue weighted by Crippen LogP contribution is 2.25. The van der Waals surface area contributed by atoms with Gasteiger partial charge in [-0.25, -0.2) is 4.21 Å². The zero-order valence-corrected chi connectivity index (χ0v) is 14.5. The maximum absolute atomic E-state index is 11.8. The second-order valence-corrected chi connectivity index (χ2v) is 7.19. The van der Waals surface area contributed by atoms with E-state index in [1.54, 1.807) is 0 Å². The van der Waals surface area contributed by atoms with Crippen LogP contribution in [0.4, 0.5) is 0 Å². The van der Waals surface area contributed by atoms with Crippen molar-refractivity contribution in [3.05, 3.63) is 82.3 Å². The largest absolute Gasteiger partial charge is 0.302 e. The summed E-state index contributed by atoms with van der Waals surface area (Å²) in [6.45, 7) is 2.84. The van der Waals surface area contributed by atoms with Crippen molar-refractivity contribution in [2.24, 2.45) is 0 Å². The Morgan fingerprint density at radius 3 is 2.00 bits per heavy atom. The molecular weight excluding hydrogens is 318 g/mol. The summed E-state index contributed by atoms with van der Waals surface area (Å²) in [6.07, 6.45) is 2.32. The molecule has 1 fully saturated rings. The lowest BCUT2D eigenvalue weighted by atomic mass is 10.00. The smallest absolute Gasteiger partial charge is 0.182 e. The van der Waals surface area contributed by atoms with E-state index in [0.29, 0.717) is 11.3 Å². The second kappa shape index (κ2) is 8.38. The van der Waals surface area contributed by atoms with Crippen molar-refractivity contribution in [2.75, 3.05) is 13.1 Å². The first-order valence-corrected chi connectivity index (χ1v) is 9.45. The normalized spacial score (nSPS) is 16.8. The van der Waals surface area contributed by atoms with Gasteiger partial charge >= 0.3 is 0 Å². The molecule has 0 bridgehead atoms. The van der Waals surface area contributed by atoms with Crippen LogP contribution in [0, 0.1) is 0 Å². The summed E-state index contributed by atoms with van der Waals surface area (Å²) >= 11 is -1.89. The molecule has 3 nitrogen and oxygen atoms in total. The predicted octanol–water partition coefficient (Wildman–Crippen LogP) is 4.00. The fourth-order valence-electron chi connectivity index (χ4n) is 3.19. The quantitative estimate of drug-likeness (QED) is 0.836. The lowest BCUT2D eigenvalue weighted by molar-refractivity contribution is 0.247. The van der Waals surface area contributed by atoms with Crippen LogP contribution in [-0.2, 0) is 24.0 Å². The average molecular weight is 341 g/mol. The van der Waals surface area contributed by atoms with E-state index < -0.39 is 11.1 Å². The van der Waals surface area contributed by atoms with Crippen LogP contribution in [0.25, 0.3) is 0 Å². The van der Waals surface area contributed by atoms with Crippen LogP contribution in [-0.4, -0.2) is 26.8 Å². The molecule has 126 valence electrons. The van der Waals surface area contributed by atoms with Crippen molar-refractivity contribution in [1.82, 2.24) is 4.90 Å². The molecule has 0 saturated carbocycles. The van der Waals surface area contributed by atoms with Gasteiger partial charge in [0.1, 0.15) is 0 Å². The molecule has 1 aliphatic heterocycles. The number of rotatable bonds is 5. The van der Waals surface area contributed by atoms with Crippen molar-refractivity contribution in [1.29, 1.82) is 0 Å². The summed E-state index contributed by atoms with van der Waals surface area (Å²) in [7, 11) is 0. The standard InChI is InChI=1S/C20H23NO2S/c22-24(23)20(15-17-7-3-1-4-8-17)19-11-13-21(14-12-19)16-18-9-5-2-6-10-18/h1-10H,11-16H2,(H,22,23). The van der Waals surface area contributed by atoms with E-state index in [0.717, 1.165) is 43.6 Å². The molecule has 3 rings (SSSR count). The highest BCUT2D eigenvalue weighted by Gasteiger charge is 2.20. The molecule has 1 saturated heterocycles. The first-order chi connectivity index (χ1) is 11.7. The van der Waals surface area contributed by atoms with Gasteiger partial charge in [-0.05, 0) is 24.0 Å². The van der Waals surface area contributed by atoms with Crippen LogP contribution in [0.5, 0.6) is 0 Å². The van der Waals surface area contributed by atoms with Gasteiger partial charge in [-0.15, -0.1) is 0 Å². The number of hydrogen-bond acceptors (Lipinski definition) is 2. The monoisotopic (exact) mass is 341 g/mol. The van der Waals surface area contributed by atoms with Gasteiger partial charge in [0, 0.05) is 31.0 Å². The number of likely N-dealkylation sites (tertiary alicyclic amines) is 1. The van der Waals surface area contributed by atoms with Crippen molar-refractivity contribution in [2.45, 2.75) is 25.8 Å². The minimum Gasteiger partial charge on any atom is -0.302 e. The molecule has 0 amide bonds. The molecule has 2 aromatic rings. The summed E-state index contributed by atoms with van der Waals surface area (Å²) in [5.74, 6) is 0. The van der Waals surface area contributed by atoms with E-state index in [4.69, 9.17) is 0 Å². The van der Waals surface area contributed by atoms with Gasteiger partial charge in [0.05, 0.1) is 0 Å². The maximum Gasteiger partial charge on any atom is 0.182 e. The van der Waals surface area contributed by atoms with Gasteiger partial charge in [0.25, 0.3) is 0 Å². The highest BCUT2D eigenvalue weighted by molar-refractivity contribution is 7.83. The van der Waals surface area contributed by atoms with Crippen LogP contribution < -0.4 is 0 Å². The molecule has 0 radical (unpaired) electrons. The van der Waals surface area contributed by atoms with E-state index in [1.165, 1.54) is 5.56 Å². The van der Waals surface area contributed by atoms with Gasteiger partial charge in [0.2, 0.25) is 0 Å². The first-order valence-electron chi connectivity index (χ1n) is 8.34. The molecule has 0 aliphatic carbocycles. The minimum atomic E-state index is -1.89. The molecule has 1 heterocycles. The van der Waals surface area contributed by atoms with E-state index in [9.17, 15) is 8.76 Å². The van der Waals surface area contributed by atoms with Crippen LogP contribution in [0.1, 0.15) is 24.0 Å². The van der Waals surface area contributed by atoms with Gasteiger partial charge in [-0.3, -0.25) is 4.90 Å². The summed E-state index contributed by atoms with van der Waals surface area (Å²) in [6, 6.07) is 20.4. The van der Waals surface area contributed by atoms with Crippen LogP contribution in [0.2, 0.25) is 0 Å². The molecule has 2 aromatic carbocycles. The van der Waals surface area contributed by atoms with Gasteiger partial charge in [0.15, 0.2) is 11.1 Å². The Morgan fingerprint density at radius 2 is 1.46 bits per heavy atom. The first kappa shape index (κ1) is 17.1. The van der Waals surface area contributed by atoms with Crippen molar-refractivity contribution >= 4 is 11.1 Å². The third-order valence-electron chi connectivity index (χ3n) is 4.52. The SMILES string of the molecule is O=S(O)C(Cc1ccccc1)=C1CCN(Cc2ccccc2)CC1. The van der Waals surface area contributed by atoms with Crippen molar-refractivity contribution in [3.63, 3.8) is 0 Å². The lowest BCUT2D eigenvalue weighted by Gasteiger charge is -2.29. The van der Waals surface area contributed by atoms with E-state index in [2.05, 4.69) is 29.2 Å². The molecule has 0 spiro atoms. The Balaban J connectivity index is 1.65. The fraction of sp³-hybridized carbons (Fsp3) is 0.300. The molecule has 0 aromatic heterocycles. The molecule has 1 N–H and O–H groups in total. The average Bonchev–Trinajstić information content (AvgIpc) is 2.62.